The molecule has 0 bridgehead atoms. The summed E-state index contributed by atoms with van der Waals surface area (Å²) in [6.45, 7) is 0. The Hall–Kier alpha value is -3.43. The van der Waals surface area contributed by atoms with Gasteiger partial charge in [0, 0.05) is 5.69 Å². The quantitative estimate of drug-likeness (QED) is 0.529. The lowest BCUT2D eigenvalue weighted by Crippen LogP contribution is -2.29. The number of alkyl halides is 3. The molecule has 2 heterocycles. The van der Waals surface area contributed by atoms with Crippen LogP contribution >= 0.6 is 0 Å². The highest BCUT2D eigenvalue weighted by atomic mass is 19.4. The third kappa shape index (κ3) is 2.78. The summed E-state index contributed by atoms with van der Waals surface area (Å²) in [4.78, 5) is 32.4. The first-order valence-electron chi connectivity index (χ1n) is 7.69. The number of hydrogen-bond acceptors (Lipinski definition) is 3. The van der Waals surface area contributed by atoms with Gasteiger partial charge in [-0.2, -0.15) is 13.2 Å². The molecule has 1 aliphatic heterocycles. The standard InChI is InChI=1S/C17H10F4N4O2/c18-11-5-8(1-3-10(11)17(19,20)21)14-15(26)24-16(27)25(14)9-2-4-12-13(6-9)23-7-22-12/h1-7,14H,(H,22,23)(H,24,26,27). The van der Waals surface area contributed by atoms with Gasteiger partial charge >= 0.3 is 12.2 Å². The van der Waals surface area contributed by atoms with Crippen molar-refractivity contribution in [3.05, 3.63) is 59.7 Å². The Labute approximate surface area is 148 Å². The second kappa shape index (κ2) is 5.79. The third-order valence-electron chi connectivity index (χ3n) is 4.25. The Bertz CT molecular complexity index is 1080. The van der Waals surface area contributed by atoms with Crippen molar-refractivity contribution in [1.29, 1.82) is 0 Å². The molecule has 27 heavy (non-hydrogen) atoms. The van der Waals surface area contributed by atoms with Crippen LogP contribution in [0.25, 0.3) is 11.0 Å². The van der Waals surface area contributed by atoms with Crippen molar-refractivity contribution in [3.63, 3.8) is 0 Å². The van der Waals surface area contributed by atoms with E-state index in [0.717, 1.165) is 11.0 Å². The number of aromatic nitrogens is 2. The topological polar surface area (TPSA) is 78.1 Å². The number of nitrogens with one attached hydrogen (secondary N) is 2. The van der Waals surface area contributed by atoms with Crippen molar-refractivity contribution >= 4 is 28.7 Å². The lowest BCUT2D eigenvalue weighted by molar-refractivity contribution is -0.140. The number of imide groups is 1. The minimum absolute atomic E-state index is 0.0754. The molecule has 1 aromatic heterocycles. The Morgan fingerprint density at radius 2 is 1.85 bits per heavy atom. The van der Waals surface area contributed by atoms with E-state index in [4.69, 9.17) is 0 Å². The fourth-order valence-electron chi connectivity index (χ4n) is 3.04. The van der Waals surface area contributed by atoms with Gasteiger partial charge in [-0.3, -0.25) is 15.0 Å². The Morgan fingerprint density at radius 3 is 2.56 bits per heavy atom. The number of urea groups is 1. The number of carbonyl (C=O) groups excluding carboxylic acids is 2. The number of benzene rings is 2. The van der Waals surface area contributed by atoms with Crippen LogP contribution in [0.15, 0.2) is 42.7 Å². The number of rotatable bonds is 2. The van der Waals surface area contributed by atoms with E-state index in [1.165, 1.54) is 12.4 Å². The van der Waals surface area contributed by atoms with Gasteiger partial charge in [0.15, 0.2) is 0 Å². The highest BCUT2D eigenvalue weighted by Gasteiger charge is 2.42. The van der Waals surface area contributed by atoms with Crippen molar-refractivity contribution in [2.75, 3.05) is 4.90 Å². The van der Waals surface area contributed by atoms with E-state index in [1.54, 1.807) is 12.1 Å². The normalized spacial score (nSPS) is 17.6. The molecular formula is C17H10F4N4O2. The molecule has 2 aromatic carbocycles. The van der Waals surface area contributed by atoms with Crippen molar-refractivity contribution < 1.29 is 27.2 Å². The maximum absolute atomic E-state index is 14.0. The smallest absolute Gasteiger partial charge is 0.345 e. The summed E-state index contributed by atoms with van der Waals surface area (Å²) in [5.74, 6) is -2.28. The molecule has 1 atom stereocenters. The maximum atomic E-state index is 14.0. The molecule has 1 aliphatic rings. The molecule has 4 rings (SSSR count). The summed E-state index contributed by atoms with van der Waals surface area (Å²) in [6, 6.07) is 4.81. The average molecular weight is 378 g/mol. The molecule has 1 unspecified atom stereocenters. The third-order valence-corrected chi connectivity index (χ3v) is 4.25. The molecule has 1 saturated heterocycles. The van der Waals surface area contributed by atoms with E-state index < -0.39 is 35.5 Å². The van der Waals surface area contributed by atoms with Crippen LogP contribution in [0, 0.1) is 5.82 Å². The maximum Gasteiger partial charge on any atom is 0.419 e. The van der Waals surface area contributed by atoms with Crippen LogP contribution in [0.2, 0.25) is 0 Å². The molecule has 6 nitrogen and oxygen atoms in total. The van der Waals surface area contributed by atoms with E-state index in [-0.39, 0.29) is 5.56 Å². The largest absolute Gasteiger partial charge is 0.419 e. The van der Waals surface area contributed by atoms with Crippen molar-refractivity contribution in [1.82, 2.24) is 15.3 Å². The number of fused-ring (bicyclic) bond motifs is 1. The summed E-state index contributed by atoms with van der Waals surface area (Å²) in [5.41, 5.74) is 0.00850. The number of nitrogens with zero attached hydrogens (tertiary/aromatic N) is 2. The van der Waals surface area contributed by atoms with Crippen LogP contribution < -0.4 is 10.2 Å². The first-order valence-corrected chi connectivity index (χ1v) is 7.69. The summed E-state index contributed by atoms with van der Waals surface area (Å²) in [6.07, 6.45) is -3.41. The van der Waals surface area contributed by atoms with Gasteiger partial charge in [-0.1, -0.05) is 6.07 Å². The van der Waals surface area contributed by atoms with E-state index in [0.29, 0.717) is 28.9 Å². The van der Waals surface area contributed by atoms with Crippen LogP contribution in [0.3, 0.4) is 0 Å². The van der Waals surface area contributed by atoms with Gasteiger partial charge in [0.2, 0.25) is 0 Å². The van der Waals surface area contributed by atoms with Gasteiger partial charge in [-0.15, -0.1) is 0 Å². The number of amides is 3. The highest BCUT2D eigenvalue weighted by Crippen LogP contribution is 2.36. The predicted octanol–water partition coefficient (Wildman–Crippen LogP) is 3.52. The Balaban J connectivity index is 1.79. The zero-order chi connectivity index (χ0) is 19.3. The number of carbonyl (C=O) groups is 2. The van der Waals surface area contributed by atoms with Gasteiger partial charge in [-0.05, 0) is 35.9 Å². The fourth-order valence-corrected chi connectivity index (χ4v) is 3.04. The molecule has 0 spiro atoms. The van der Waals surface area contributed by atoms with Crippen LogP contribution in [-0.2, 0) is 11.0 Å². The second-order valence-corrected chi connectivity index (χ2v) is 5.91. The molecule has 138 valence electrons. The summed E-state index contributed by atoms with van der Waals surface area (Å²) in [5, 5.41) is 2.10. The van der Waals surface area contributed by atoms with E-state index in [1.807, 2.05) is 0 Å². The molecule has 10 heteroatoms. The monoisotopic (exact) mass is 378 g/mol. The first-order chi connectivity index (χ1) is 12.8. The molecule has 1 fully saturated rings. The lowest BCUT2D eigenvalue weighted by Gasteiger charge is -2.22. The van der Waals surface area contributed by atoms with Gasteiger partial charge in [0.1, 0.15) is 11.9 Å². The average Bonchev–Trinajstić information content (AvgIpc) is 3.16. The second-order valence-electron chi connectivity index (χ2n) is 5.91. The molecule has 0 radical (unpaired) electrons. The molecule has 0 aliphatic carbocycles. The van der Waals surface area contributed by atoms with Crippen LogP contribution in [0.1, 0.15) is 17.2 Å². The minimum Gasteiger partial charge on any atom is -0.345 e. The van der Waals surface area contributed by atoms with Gasteiger partial charge in [0.05, 0.1) is 22.9 Å². The van der Waals surface area contributed by atoms with Gasteiger partial charge < -0.3 is 4.98 Å². The van der Waals surface area contributed by atoms with Gasteiger partial charge in [-0.25, -0.2) is 14.2 Å². The number of hydrogen-bond donors (Lipinski definition) is 2. The van der Waals surface area contributed by atoms with Crippen LogP contribution in [0.4, 0.5) is 28.0 Å². The van der Waals surface area contributed by atoms with E-state index >= 15 is 0 Å². The Morgan fingerprint density at radius 1 is 1.07 bits per heavy atom. The van der Waals surface area contributed by atoms with Crippen molar-refractivity contribution in [2.45, 2.75) is 12.2 Å². The van der Waals surface area contributed by atoms with Crippen LogP contribution in [0.5, 0.6) is 0 Å². The van der Waals surface area contributed by atoms with Gasteiger partial charge in [0.25, 0.3) is 5.91 Å². The molecular weight excluding hydrogens is 368 g/mol. The van der Waals surface area contributed by atoms with Crippen molar-refractivity contribution in [3.8, 4) is 0 Å². The van der Waals surface area contributed by atoms with E-state index in [2.05, 4.69) is 15.3 Å². The molecule has 0 saturated carbocycles. The summed E-state index contributed by atoms with van der Waals surface area (Å²) < 4.78 is 52.2. The molecule has 3 aromatic rings. The predicted molar refractivity (Wildman–Crippen MR) is 86.3 cm³/mol. The summed E-state index contributed by atoms with van der Waals surface area (Å²) in [7, 11) is 0. The number of imidazole rings is 1. The molecule has 2 N–H and O–H groups in total. The van der Waals surface area contributed by atoms with Crippen molar-refractivity contribution in [2.24, 2.45) is 0 Å². The fraction of sp³-hybridized carbons (Fsp3) is 0.118. The number of anilines is 1. The Kier molecular flexibility index (Phi) is 3.65. The first kappa shape index (κ1) is 17.0. The van der Waals surface area contributed by atoms with Crippen LogP contribution in [-0.4, -0.2) is 21.9 Å². The zero-order valence-electron chi connectivity index (χ0n) is 13.3. The number of halogens is 4. The number of H-pyrrole nitrogens is 1. The lowest BCUT2D eigenvalue weighted by atomic mass is 10.0. The minimum atomic E-state index is -4.86. The molecule has 3 amide bonds. The SMILES string of the molecule is O=C1NC(=O)N(c2ccc3nc[nH]c3c2)C1c1ccc(C(F)(F)F)c(F)c1. The summed E-state index contributed by atoms with van der Waals surface area (Å²) >= 11 is 0. The zero-order valence-corrected chi connectivity index (χ0v) is 13.3. The van der Waals surface area contributed by atoms with E-state index in [9.17, 15) is 27.2 Å². The number of aromatic amines is 1. The highest BCUT2D eigenvalue weighted by molar-refractivity contribution is 6.14.